The smallest absolute Gasteiger partial charge is 0.159 e. The van der Waals surface area contributed by atoms with Crippen LogP contribution in [0, 0.1) is 11.6 Å². The van der Waals surface area contributed by atoms with Crippen LogP contribution in [0.3, 0.4) is 0 Å². The zero-order chi connectivity index (χ0) is 16.7. The average Bonchev–Trinajstić information content (AvgIpc) is 3.14. The second-order valence-corrected chi connectivity index (χ2v) is 6.06. The van der Waals surface area contributed by atoms with E-state index >= 15 is 0 Å². The number of hydrogen-bond acceptors (Lipinski definition) is 4. The molecule has 2 aromatic heterocycles. The van der Waals surface area contributed by atoms with E-state index in [2.05, 4.69) is 14.9 Å². The largest absolute Gasteiger partial charge is 0.392 e. The van der Waals surface area contributed by atoms with Crippen molar-refractivity contribution in [3.8, 4) is 0 Å². The van der Waals surface area contributed by atoms with E-state index in [1.807, 2.05) is 10.6 Å². The molecule has 1 fully saturated rings. The van der Waals surface area contributed by atoms with Gasteiger partial charge in [-0.1, -0.05) is 6.07 Å². The van der Waals surface area contributed by atoms with Crippen molar-refractivity contribution >= 4 is 5.65 Å². The fourth-order valence-electron chi connectivity index (χ4n) is 3.34. The summed E-state index contributed by atoms with van der Waals surface area (Å²) in [5.74, 6) is -1.73. The molecular formula is C17H16F2N4O. The van der Waals surface area contributed by atoms with E-state index in [1.54, 1.807) is 24.7 Å². The molecule has 24 heavy (non-hydrogen) atoms. The van der Waals surface area contributed by atoms with Crippen LogP contribution in [0.1, 0.15) is 23.7 Å². The lowest BCUT2D eigenvalue weighted by atomic mass is 10.0. The molecule has 0 amide bonds. The van der Waals surface area contributed by atoms with E-state index < -0.39 is 17.7 Å². The third-order valence-corrected chi connectivity index (χ3v) is 4.47. The van der Waals surface area contributed by atoms with Crippen molar-refractivity contribution < 1.29 is 13.9 Å². The summed E-state index contributed by atoms with van der Waals surface area (Å²) in [7, 11) is 0. The van der Waals surface area contributed by atoms with Gasteiger partial charge in [-0.2, -0.15) is 0 Å². The molecule has 3 aromatic rings. The average molecular weight is 330 g/mol. The Labute approximate surface area is 137 Å². The normalized spacial score (nSPS) is 21.6. The van der Waals surface area contributed by atoms with Crippen LogP contribution in [-0.4, -0.2) is 37.0 Å². The van der Waals surface area contributed by atoms with Gasteiger partial charge in [-0.05, 0) is 24.1 Å². The Hall–Kier alpha value is -2.38. The Morgan fingerprint density at radius 1 is 1.21 bits per heavy atom. The molecule has 0 aliphatic carbocycles. The van der Waals surface area contributed by atoms with E-state index in [9.17, 15) is 13.9 Å². The predicted octanol–water partition coefficient (Wildman–Crippen LogP) is 2.32. The lowest BCUT2D eigenvalue weighted by Crippen LogP contribution is -2.25. The minimum atomic E-state index is -0.866. The molecule has 0 bridgehead atoms. The molecule has 1 aliphatic rings. The number of hydrogen-bond donors (Lipinski definition) is 1. The first-order valence-corrected chi connectivity index (χ1v) is 7.75. The number of nitrogens with zero attached hydrogens (tertiary/aromatic N) is 4. The lowest BCUT2D eigenvalue weighted by molar-refractivity contribution is 0.172. The standard InChI is InChI=1S/C17H16F2N4O/c18-14-2-1-11(5-15(14)19)16-6-13(24)10-22(16)9-12-7-21-17-8-20-3-4-23(12)17/h1-5,7-8,13,16,24H,6,9-10H2/t13-,16+/m1/s1. The number of rotatable bonds is 3. The first-order valence-electron chi connectivity index (χ1n) is 7.75. The summed E-state index contributed by atoms with van der Waals surface area (Å²) in [6.45, 7) is 1.02. The summed E-state index contributed by atoms with van der Waals surface area (Å²) in [6.07, 6.45) is 6.95. The fraction of sp³-hybridized carbons (Fsp3) is 0.294. The summed E-state index contributed by atoms with van der Waals surface area (Å²) in [6, 6.07) is 3.76. The number of imidazole rings is 1. The summed E-state index contributed by atoms with van der Waals surface area (Å²) in [5, 5.41) is 10.1. The van der Waals surface area contributed by atoms with Gasteiger partial charge in [0, 0.05) is 31.5 Å². The summed E-state index contributed by atoms with van der Waals surface area (Å²) in [4.78, 5) is 10.4. The SMILES string of the molecule is O[C@@H]1C[C@@H](c2ccc(F)c(F)c2)N(Cc2cnc3cnccn23)C1. The van der Waals surface area contributed by atoms with Gasteiger partial charge in [-0.25, -0.2) is 13.8 Å². The van der Waals surface area contributed by atoms with Gasteiger partial charge < -0.3 is 5.11 Å². The maximum absolute atomic E-state index is 13.6. The summed E-state index contributed by atoms with van der Waals surface area (Å²) < 4.78 is 28.7. The molecule has 5 nitrogen and oxygen atoms in total. The molecule has 1 aromatic carbocycles. The van der Waals surface area contributed by atoms with Crippen molar-refractivity contribution in [3.63, 3.8) is 0 Å². The van der Waals surface area contributed by atoms with Gasteiger partial charge in [0.15, 0.2) is 17.3 Å². The van der Waals surface area contributed by atoms with Crippen LogP contribution in [0.4, 0.5) is 8.78 Å². The number of aliphatic hydroxyl groups excluding tert-OH is 1. The van der Waals surface area contributed by atoms with Gasteiger partial charge in [0.2, 0.25) is 0 Å². The van der Waals surface area contributed by atoms with Crippen molar-refractivity contribution in [2.75, 3.05) is 6.54 Å². The monoisotopic (exact) mass is 330 g/mol. The van der Waals surface area contributed by atoms with Gasteiger partial charge in [0.1, 0.15) is 0 Å². The molecule has 124 valence electrons. The first kappa shape index (κ1) is 15.2. The van der Waals surface area contributed by atoms with Crippen LogP contribution < -0.4 is 0 Å². The molecule has 2 atom stereocenters. The Balaban J connectivity index is 1.64. The molecule has 0 spiro atoms. The Bertz CT molecular complexity index is 882. The van der Waals surface area contributed by atoms with Crippen molar-refractivity contribution in [1.29, 1.82) is 0 Å². The van der Waals surface area contributed by atoms with Crippen LogP contribution >= 0.6 is 0 Å². The Kier molecular flexibility index (Phi) is 3.74. The number of aliphatic hydroxyl groups is 1. The van der Waals surface area contributed by atoms with Gasteiger partial charge >= 0.3 is 0 Å². The quantitative estimate of drug-likeness (QED) is 0.801. The van der Waals surface area contributed by atoms with Gasteiger partial charge in [-0.3, -0.25) is 14.3 Å². The van der Waals surface area contributed by atoms with Crippen molar-refractivity contribution in [2.24, 2.45) is 0 Å². The van der Waals surface area contributed by atoms with Crippen molar-refractivity contribution in [2.45, 2.75) is 25.1 Å². The molecule has 0 unspecified atom stereocenters. The van der Waals surface area contributed by atoms with Crippen LogP contribution in [0.5, 0.6) is 0 Å². The Morgan fingerprint density at radius 3 is 2.92 bits per heavy atom. The topological polar surface area (TPSA) is 53.7 Å². The minimum absolute atomic E-state index is 0.164. The third-order valence-electron chi connectivity index (χ3n) is 4.47. The summed E-state index contributed by atoms with van der Waals surface area (Å²) >= 11 is 0. The zero-order valence-electron chi connectivity index (χ0n) is 12.8. The number of β-amino-alcohol motifs (C(OH)–C–C–N with tert-alkyl or cyclic N) is 1. The highest BCUT2D eigenvalue weighted by molar-refractivity contribution is 5.37. The molecule has 4 rings (SSSR count). The maximum Gasteiger partial charge on any atom is 0.159 e. The highest BCUT2D eigenvalue weighted by atomic mass is 19.2. The summed E-state index contributed by atoms with van der Waals surface area (Å²) in [5.41, 5.74) is 2.37. The second-order valence-electron chi connectivity index (χ2n) is 6.06. The fourth-order valence-corrected chi connectivity index (χ4v) is 3.34. The molecule has 0 saturated carbocycles. The van der Waals surface area contributed by atoms with Gasteiger partial charge in [0.25, 0.3) is 0 Å². The number of benzene rings is 1. The number of likely N-dealkylation sites (tertiary alicyclic amines) is 1. The predicted molar refractivity (Wildman–Crippen MR) is 83.1 cm³/mol. The molecular weight excluding hydrogens is 314 g/mol. The van der Waals surface area contributed by atoms with E-state index in [0.717, 1.165) is 17.4 Å². The first-order chi connectivity index (χ1) is 11.6. The molecule has 3 heterocycles. The highest BCUT2D eigenvalue weighted by Gasteiger charge is 2.33. The zero-order valence-corrected chi connectivity index (χ0v) is 12.8. The number of halogens is 2. The Morgan fingerprint density at radius 2 is 2.08 bits per heavy atom. The molecule has 1 aliphatic heterocycles. The van der Waals surface area contributed by atoms with Crippen molar-refractivity contribution in [1.82, 2.24) is 19.3 Å². The maximum atomic E-state index is 13.6. The second kappa shape index (κ2) is 5.92. The number of aromatic nitrogens is 3. The van der Waals surface area contributed by atoms with Crippen LogP contribution in [0.2, 0.25) is 0 Å². The van der Waals surface area contributed by atoms with Crippen LogP contribution in [0.15, 0.2) is 43.0 Å². The molecule has 7 heteroatoms. The van der Waals surface area contributed by atoms with E-state index in [4.69, 9.17) is 0 Å². The van der Waals surface area contributed by atoms with Crippen LogP contribution in [-0.2, 0) is 6.54 Å². The van der Waals surface area contributed by atoms with Gasteiger partial charge in [0.05, 0.1) is 24.2 Å². The van der Waals surface area contributed by atoms with E-state index in [0.29, 0.717) is 25.1 Å². The minimum Gasteiger partial charge on any atom is -0.392 e. The molecule has 0 radical (unpaired) electrons. The van der Waals surface area contributed by atoms with E-state index in [-0.39, 0.29) is 6.04 Å². The van der Waals surface area contributed by atoms with Gasteiger partial charge in [-0.15, -0.1) is 0 Å². The lowest BCUT2D eigenvalue weighted by Gasteiger charge is -2.24. The number of fused-ring (bicyclic) bond motifs is 1. The van der Waals surface area contributed by atoms with E-state index in [1.165, 1.54) is 6.07 Å². The highest BCUT2D eigenvalue weighted by Crippen LogP contribution is 2.34. The third kappa shape index (κ3) is 2.65. The molecule has 1 saturated heterocycles. The van der Waals surface area contributed by atoms with Crippen LogP contribution in [0.25, 0.3) is 5.65 Å². The molecule has 1 N–H and O–H groups in total. The van der Waals surface area contributed by atoms with Crippen molar-refractivity contribution in [3.05, 3.63) is 65.9 Å².